The van der Waals surface area contributed by atoms with Gasteiger partial charge in [0.25, 0.3) is 0 Å². The third-order valence-corrected chi connectivity index (χ3v) is 4.70. The molecule has 1 fully saturated rings. The maximum atomic E-state index is 13.0. The number of rotatable bonds is 3. The van der Waals surface area contributed by atoms with E-state index >= 15 is 0 Å². The molecule has 2 aromatic carbocycles. The van der Waals surface area contributed by atoms with Crippen molar-refractivity contribution < 1.29 is 18.3 Å². The van der Waals surface area contributed by atoms with Crippen LogP contribution in [-0.4, -0.2) is 11.3 Å². The van der Waals surface area contributed by atoms with E-state index in [1.54, 1.807) is 6.07 Å². The molecule has 0 atom stereocenters. The van der Waals surface area contributed by atoms with Crippen LogP contribution in [0.3, 0.4) is 0 Å². The maximum absolute atomic E-state index is 13.0. The number of benzene rings is 2. The number of aromatic hydroxyl groups is 1. The van der Waals surface area contributed by atoms with Gasteiger partial charge in [-0.1, -0.05) is 43.5 Å². The van der Waals surface area contributed by atoms with Gasteiger partial charge < -0.3 is 5.11 Å². The van der Waals surface area contributed by atoms with Gasteiger partial charge in [-0.2, -0.15) is 13.2 Å². The van der Waals surface area contributed by atoms with E-state index in [9.17, 15) is 18.3 Å². The van der Waals surface area contributed by atoms with E-state index in [0.29, 0.717) is 11.5 Å². The van der Waals surface area contributed by atoms with Crippen LogP contribution in [0.25, 0.3) is 0 Å². The van der Waals surface area contributed by atoms with Crippen LogP contribution in [0.4, 0.5) is 18.9 Å². The Balaban J connectivity index is 1.90. The van der Waals surface area contributed by atoms with Crippen molar-refractivity contribution in [2.24, 2.45) is 4.99 Å². The van der Waals surface area contributed by atoms with Crippen LogP contribution in [0.1, 0.15) is 54.7 Å². The zero-order chi connectivity index (χ0) is 17.9. The quantitative estimate of drug-likeness (QED) is 0.658. The van der Waals surface area contributed by atoms with Gasteiger partial charge in [0.2, 0.25) is 0 Å². The summed E-state index contributed by atoms with van der Waals surface area (Å²) < 4.78 is 39.1. The van der Waals surface area contributed by atoms with Crippen LogP contribution in [0.5, 0.6) is 5.75 Å². The first-order chi connectivity index (χ1) is 12.0. The molecule has 1 saturated carbocycles. The Labute approximate surface area is 145 Å². The fourth-order valence-electron chi connectivity index (χ4n) is 3.39. The minimum Gasteiger partial charge on any atom is -0.507 e. The van der Waals surface area contributed by atoms with E-state index in [1.165, 1.54) is 30.8 Å². The summed E-state index contributed by atoms with van der Waals surface area (Å²) in [6, 6.07) is 10.6. The molecule has 0 amide bonds. The molecule has 0 unspecified atom stereocenters. The number of alkyl halides is 3. The second-order valence-electron chi connectivity index (χ2n) is 6.39. The van der Waals surface area contributed by atoms with Gasteiger partial charge in [0, 0.05) is 11.8 Å². The summed E-state index contributed by atoms with van der Waals surface area (Å²) in [7, 11) is 0. The number of phenols is 1. The summed E-state index contributed by atoms with van der Waals surface area (Å²) in [5, 5.41) is 10.5. The van der Waals surface area contributed by atoms with E-state index in [2.05, 4.69) is 4.99 Å². The maximum Gasteiger partial charge on any atom is 0.418 e. The Morgan fingerprint density at radius 1 is 0.960 bits per heavy atom. The van der Waals surface area contributed by atoms with Crippen LogP contribution >= 0.6 is 0 Å². The largest absolute Gasteiger partial charge is 0.507 e. The van der Waals surface area contributed by atoms with E-state index in [4.69, 9.17) is 0 Å². The topological polar surface area (TPSA) is 32.6 Å². The molecule has 0 aliphatic heterocycles. The summed E-state index contributed by atoms with van der Waals surface area (Å²) in [4.78, 5) is 3.98. The molecule has 0 saturated heterocycles. The molecular formula is C20H20F3NO. The predicted octanol–water partition coefficient (Wildman–Crippen LogP) is 6.21. The highest BCUT2D eigenvalue weighted by Gasteiger charge is 2.33. The molecule has 1 aliphatic rings. The number of hydrogen-bond donors (Lipinski definition) is 1. The van der Waals surface area contributed by atoms with E-state index < -0.39 is 11.7 Å². The Bertz CT molecular complexity index is 762. The molecule has 5 heteroatoms. The van der Waals surface area contributed by atoms with Gasteiger partial charge in [0.1, 0.15) is 5.75 Å². The number of para-hydroxylation sites is 2. The molecule has 132 valence electrons. The van der Waals surface area contributed by atoms with Crippen molar-refractivity contribution in [2.75, 3.05) is 0 Å². The van der Waals surface area contributed by atoms with Gasteiger partial charge in [-0.3, -0.25) is 4.99 Å². The zero-order valence-electron chi connectivity index (χ0n) is 13.8. The Morgan fingerprint density at radius 3 is 2.40 bits per heavy atom. The molecule has 0 bridgehead atoms. The summed E-state index contributed by atoms with van der Waals surface area (Å²) >= 11 is 0. The molecule has 0 heterocycles. The SMILES string of the molecule is Oc1c(C=Nc2ccccc2C(F)(F)F)cccc1C1CCCCC1. The Morgan fingerprint density at radius 2 is 1.68 bits per heavy atom. The van der Waals surface area contributed by atoms with Crippen molar-refractivity contribution in [2.45, 2.75) is 44.2 Å². The molecular weight excluding hydrogens is 327 g/mol. The van der Waals surface area contributed by atoms with Crippen molar-refractivity contribution >= 4 is 11.9 Å². The summed E-state index contributed by atoms with van der Waals surface area (Å²) in [5.74, 6) is 0.437. The van der Waals surface area contributed by atoms with E-state index in [0.717, 1.165) is 37.3 Å². The van der Waals surface area contributed by atoms with Gasteiger partial charge in [-0.25, -0.2) is 0 Å². The molecule has 25 heavy (non-hydrogen) atoms. The van der Waals surface area contributed by atoms with Crippen LogP contribution in [-0.2, 0) is 6.18 Å². The number of nitrogens with zero attached hydrogens (tertiary/aromatic N) is 1. The molecule has 1 N–H and O–H groups in total. The third kappa shape index (κ3) is 4.03. The van der Waals surface area contributed by atoms with Crippen LogP contribution in [0.15, 0.2) is 47.5 Å². The van der Waals surface area contributed by atoms with E-state index in [1.807, 2.05) is 12.1 Å². The lowest BCUT2D eigenvalue weighted by atomic mass is 9.83. The van der Waals surface area contributed by atoms with Gasteiger partial charge >= 0.3 is 6.18 Å². The van der Waals surface area contributed by atoms with Crippen molar-refractivity contribution in [3.05, 3.63) is 59.2 Å². The van der Waals surface area contributed by atoms with Gasteiger partial charge in [0.05, 0.1) is 11.3 Å². The summed E-state index contributed by atoms with van der Waals surface area (Å²) in [6.07, 6.45) is 2.41. The van der Waals surface area contributed by atoms with Gasteiger partial charge in [0.15, 0.2) is 0 Å². The van der Waals surface area contributed by atoms with Crippen molar-refractivity contribution in [1.29, 1.82) is 0 Å². The predicted molar refractivity (Wildman–Crippen MR) is 92.6 cm³/mol. The number of halogens is 3. The molecule has 0 spiro atoms. The number of phenolic OH excluding ortho intramolecular Hbond substituents is 1. The standard InChI is InChI=1S/C20H20F3NO/c21-20(22,23)17-11-4-5-12-18(17)24-13-15-9-6-10-16(19(15)25)14-7-2-1-3-8-14/h4-6,9-14,25H,1-3,7-8H2. The van der Waals surface area contributed by atoms with Crippen molar-refractivity contribution in [1.82, 2.24) is 0 Å². The van der Waals surface area contributed by atoms with Gasteiger partial charge in [-0.15, -0.1) is 0 Å². The molecule has 2 aromatic rings. The summed E-state index contributed by atoms with van der Waals surface area (Å²) in [5.41, 5.74) is 0.374. The summed E-state index contributed by atoms with van der Waals surface area (Å²) in [6.45, 7) is 0. The van der Waals surface area contributed by atoms with Crippen LogP contribution < -0.4 is 0 Å². The monoisotopic (exact) mass is 347 g/mol. The highest BCUT2D eigenvalue weighted by atomic mass is 19.4. The zero-order valence-corrected chi connectivity index (χ0v) is 13.8. The number of aliphatic imine (C=N–C) groups is 1. The Kier molecular flexibility index (Phi) is 5.11. The van der Waals surface area contributed by atoms with Crippen LogP contribution in [0.2, 0.25) is 0 Å². The average Bonchev–Trinajstić information content (AvgIpc) is 2.61. The minimum absolute atomic E-state index is 0.127. The first-order valence-electron chi connectivity index (χ1n) is 8.49. The molecule has 2 nitrogen and oxygen atoms in total. The second kappa shape index (κ2) is 7.30. The van der Waals surface area contributed by atoms with Crippen molar-refractivity contribution in [3.63, 3.8) is 0 Å². The normalized spacial score (nSPS) is 16.4. The first kappa shape index (κ1) is 17.5. The van der Waals surface area contributed by atoms with E-state index in [-0.39, 0.29) is 11.4 Å². The number of hydrogen-bond acceptors (Lipinski definition) is 2. The lowest BCUT2D eigenvalue weighted by Gasteiger charge is -2.23. The molecule has 1 aliphatic carbocycles. The molecule has 0 aromatic heterocycles. The lowest BCUT2D eigenvalue weighted by molar-refractivity contribution is -0.137. The first-order valence-corrected chi connectivity index (χ1v) is 8.49. The third-order valence-electron chi connectivity index (χ3n) is 4.70. The highest BCUT2D eigenvalue weighted by molar-refractivity contribution is 5.86. The minimum atomic E-state index is -4.46. The second-order valence-corrected chi connectivity index (χ2v) is 6.39. The lowest BCUT2D eigenvalue weighted by Crippen LogP contribution is -2.06. The van der Waals surface area contributed by atoms with Crippen LogP contribution in [0, 0.1) is 0 Å². The fourth-order valence-corrected chi connectivity index (χ4v) is 3.39. The van der Waals surface area contributed by atoms with Gasteiger partial charge in [-0.05, 0) is 42.5 Å². The Hall–Kier alpha value is -2.30. The fraction of sp³-hybridized carbons (Fsp3) is 0.350. The molecule has 0 radical (unpaired) electrons. The van der Waals surface area contributed by atoms with Crippen molar-refractivity contribution in [3.8, 4) is 5.75 Å². The molecule has 3 rings (SSSR count). The smallest absolute Gasteiger partial charge is 0.418 e. The highest BCUT2D eigenvalue weighted by Crippen LogP contribution is 2.39. The average molecular weight is 347 g/mol.